The SMILES string of the molecule is Cc1cc(Cl)c(NCCOc2ccc(Br)cc2)cc1Cl. The molecule has 5 heteroatoms. The molecule has 2 nitrogen and oxygen atoms in total. The predicted octanol–water partition coefficient (Wildman–Crippen LogP) is 5.56. The fourth-order valence-corrected chi connectivity index (χ4v) is 2.38. The summed E-state index contributed by atoms with van der Waals surface area (Å²) < 4.78 is 6.65. The van der Waals surface area contributed by atoms with Gasteiger partial charge in [0.25, 0.3) is 0 Å². The van der Waals surface area contributed by atoms with Crippen molar-refractivity contribution in [1.82, 2.24) is 0 Å². The Hall–Kier alpha value is -0.900. The molecule has 0 aromatic heterocycles. The molecule has 2 aromatic rings. The second kappa shape index (κ2) is 7.21. The van der Waals surface area contributed by atoms with Crippen molar-refractivity contribution in [3.63, 3.8) is 0 Å². The molecule has 0 unspecified atom stereocenters. The highest BCUT2D eigenvalue weighted by molar-refractivity contribution is 9.10. The van der Waals surface area contributed by atoms with Crippen LogP contribution >= 0.6 is 39.1 Å². The molecule has 1 N–H and O–H groups in total. The molecule has 0 radical (unpaired) electrons. The van der Waals surface area contributed by atoms with E-state index in [0.717, 1.165) is 21.5 Å². The Kier molecular flexibility index (Phi) is 5.58. The largest absolute Gasteiger partial charge is 0.492 e. The minimum absolute atomic E-state index is 0.545. The van der Waals surface area contributed by atoms with Gasteiger partial charge in [-0.05, 0) is 48.9 Å². The zero-order chi connectivity index (χ0) is 14.5. The lowest BCUT2D eigenvalue weighted by Gasteiger charge is -2.11. The Bertz CT molecular complexity index is 587. The van der Waals surface area contributed by atoms with Crippen LogP contribution in [0.2, 0.25) is 10.0 Å². The van der Waals surface area contributed by atoms with Gasteiger partial charge in [-0.2, -0.15) is 0 Å². The average Bonchev–Trinajstić information content (AvgIpc) is 2.42. The van der Waals surface area contributed by atoms with Gasteiger partial charge in [0.05, 0.1) is 10.7 Å². The molecule has 0 aliphatic carbocycles. The van der Waals surface area contributed by atoms with E-state index < -0.39 is 0 Å². The summed E-state index contributed by atoms with van der Waals surface area (Å²) >= 11 is 15.6. The second-order valence-electron chi connectivity index (χ2n) is 4.31. The Labute approximate surface area is 137 Å². The summed E-state index contributed by atoms with van der Waals surface area (Å²) in [5, 5.41) is 4.57. The van der Waals surface area contributed by atoms with Gasteiger partial charge in [0.15, 0.2) is 0 Å². The number of ether oxygens (including phenoxy) is 1. The van der Waals surface area contributed by atoms with E-state index in [-0.39, 0.29) is 0 Å². The minimum Gasteiger partial charge on any atom is -0.492 e. The van der Waals surface area contributed by atoms with Crippen LogP contribution in [-0.4, -0.2) is 13.2 Å². The summed E-state index contributed by atoms with van der Waals surface area (Å²) in [4.78, 5) is 0. The van der Waals surface area contributed by atoms with E-state index in [1.165, 1.54) is 0 Å². The third-order valence-corrected chi connectivity index (χ3v) is 4.00. The third-order valence-electron chi connectivity index (χ3n) is 2.75. The lowest BCUT2D eigenvalue weighted by molar-refractivity contribution is 0.333. The molecule has 0 bridgehead atoms. The number of aryl methyl sites for hydroxylation is 1. The predicted molar refractivity (Wildman–Crippen MR) is 89.3 cm³/mol. The first-order chi connectivity index (χ1) is 9.56. The zero-order valence-corrected chi connectivity index (χ0v) is 14.0. The normalized spacial score (nSPS) is 10.4. The van der Waals surface area contributed by atoms with Crippen molar-refractivity contribution in [3.8, 4) is 5.75 Å². The fourth-order valence-electron chi connectivity index (χ4n) is 1.67. The van der Waals surface area contributed by atoms with Gasteiger partial charge in [-0.1, -0.05) is 39.1 Å². The molecule has 0 fully saturated rings. The third kappa shape index (κ3) is 4.30. The smallest absolute Gasteiger partial charge is 0.119 e. The minimum atomic E-state index is 0.545. The van der Waals surface area contributed by atoms with Crippen LogP contribution in [0.5, 0.6) is 5.75 Å². The number of nitrogens with one attached hydrogen (secondary N) is 1. The van der Waals surface area contributed by atoms with E-state index in [1.807, 2.05) is 43.3 Å². The van der Waals surface area contributed by atoms with Gasteiger partial charge >= 0.3 is 0 Å². The molecular weight excluding hydrogens is 361 g/mol. The van der Waals surface area contributed by atoms with Gasteiger partial charge in [0, 0.05) is 16.0 Å². The van der Waals surface area contributed by atoms with Crippen LogP contribution in [0, 0.1) is 6.92 Å². The van der Waals surface area contributed by atoms with E-state index in [1.54, 1.807) is 0 Å². The molecule has 0 amide bonds. The van der Waals surface area contributed by atoms with Gasteiger partial charge in [-0.3, -0.25) is 0 Å². The molecule has 2 rings (SSSR count). The molecule has 0 aliphatic rings. The quantitative estimate of drug-likeness (QED) is 0.692. The van der Waals surface area contributed by atoms with E-state index in [4.69, 9.17) is 27.9 Å². The van der Waals surface area contributed by atoms with E-state index in [0.29, 0.717) is 23.2 Å². The fraction of sp³-hybridized carbons (Fsp3) is 0.200. The maximum atomic E-state index is 6.15. The Balaban J connectivity index is 1.84. The Morgan fingerprint density at radius 2 is 1.80 bits per heavy atom. The lowest BCUT2D eigenvalue weighted by Crippen LogP contribution is -2.11. The highest BCUT2D eigenvalue weighted by atomic mass is 79.9. The van der Waals surface area contributed by atoms with Crippen molar-refractivity contribution in [2.75, 3.05) is 18.5 Å². The van der Waals surface area contributed by atoms with Crippen LogP contribution in [0.3, 0.4) is 0 Å². The molecule has 2 aromatic carbocycles. The van der Waals surface area contributed by atoms with Crippen LogP contribution in [0.1, 0.15) is 5.56 Å². The van der Waals surface area contributed by atoms with Crippen molar-refractivity contribution < 1.29 is 4.74 Å². The first-order valence-corrected chi connectivity index (χ1v) is 7.69. The van der Waals surface area contributed by atoms with Crippen LogP contribution in [0.15, 0.2) is 40.9 Å². The molecule has 0 atom stereocenters. The summed E-state index contributed by atoms with van der Waals surface area (Å²) in [5.41, 5.74) is 1.79. The molecule has 20 heavy (non-hydrogen) atoms. The number of anilines is 1. The van der Waals surface area contributed by atoms with Crippen molar-refractivity contribution in [2.45, 2.75) is 6.92 Å². The standard InChI is InChI=1S/C15H14BrCl2NO/c1-10-8-14(18)15(9-13(10)17)19-6-7-20-12-4-2-11(16)3-5-12/h2-5,8-9,19H,6-7H2,1H3. The van der Waals surface area contributed by atoms with Gasteiger partial charge in [0.1, 0.15) is 12.4 Å². The van der Waals surface area contributed by atoms with Crippen LogP contribution in [0.25, 0.3) is 0 Å². The second-order valence-corrected chi connectivity index (χ2v) is 6.04. The highest BCUT2D eigenvalue weighted by Crippen LogP contribution is 2.28. The van der Waals surface area contributed by atoms with Crippen molar-refractivity contribution in [3.05, 3.63) is 56.5 Å². The first-order valence-electron chi connectivity index (χ1n) is 6.14. The molecule has 106 valence electrons. The highest BCUT2D eigenvalue weighted by Gasteiger charge is 2.04. The molecule has 0 spiro atoms. The summed E-state index contributed by atoms with van der Waals surface area (Å²) in [5.74, 6) is 0.836. The molecule has 0 aliphatic heterocycles. The molecular formula is C15H14BrCl2NO. The summed E-state index contributed by atoms with van der Waals surface area (Å²) in [6, 6.07) is 11.4. The summed E-state index contributed by atoms with van der Waals surface area (Å²) in [6.07, 6.45) is 0. The van der Waals surface area contributed by atoms with Crippen molar-refractivity contribution in [2.24, 2.45) is 0 Å². The number of hydrogen-bond donors (Lipinski definition) is 1. The summed E-state index contributed by atoms with van der Waals surface area (Å²) in [6.45, 7) is 3.12. The number of hydrogen-bond acceptors (Lipinski definition) is 2. The topological polar surface area (TPSA) is 21.3 Å². The number of benzene rings is 2. The van der Waals surface area contributed by atoms with Gasteiger partial charge in [-0.25, -0.2) is 0 Å². The maximum absolute atomic E-state index is 6.15. The molecule has 0 heterocycles. The van der Waals surface area contributed by atoms with Crippen LogP contribution in [-0.2, 0) is 0 Å². The lowest BCUT2D eigenvalue weighted by atomic mass is 10.2. The van der Waals surface area contributed by atoms with Gasteiger partial charge in [0.2, 0.25) is 0 Å². The van der Waals surface area contributed by atoms with Gasteiger partial charge < -0.3 is 10.1 Å². The number of rotatable bonds is 5. The van der Waals surface area contributed by atoms with Crippen molar-refractivity contribution >= 4 is 44.8 Å². The maximum Gasteiger partial charge on any atom is 0.119 e. The van der Waals surface area contributed by atoms with E-state index in [2.05, 4.69) is 21.2 Å². The Morgan fingerprint density at radius 3 is 2.50 bits per heavy atom. The van der Waals surface area contributed by atoms with Crippen LogP contribution in [0.4, 0.5) is 5.69 Å². The first kappa shape index (κ1) is 15.5. The zero-order valence-electron chi connectivity index (χ0n) is 10.9. The van der Waals surface area contributed by atoms with E-state index in [9.17, 15) is 0 Å². The monoisotopic (exact) mass is 373 g/mol. The molecule has 0 saturated heterocycles. The number of halogens is 3. The average molecular weight is 375 g/mol. The Morgan fingerprint density at radius 1 is 1.10 bits per heavy atom. The van der Waals surface area contributed by atoms with Crippen LogP contribution < -0.4 is 10.1 Å². The van der Waals surface area contributed by atoms with E-state index >= 15 is 0 Å². The van der Waals surface area contributed by atoms with Crippen molar-refractivity contribution in [1.29, 1.82) is 0 Å². The van der Waals surface area contributed by atoms with Gasteiger partial charge in [-0.15, -0.1) is 0 Å². The molecule has 0 saturated carbocycles. The summed E-state index contributed by atoms with van der Waals surface area (Å²) in [7, 11) is 0.